The molecule has 0 N–H and O–H groups in total. The molecule has 0 radical (unpaired) electrons. The molecule has 0 amide bonds. The molecule has 0 aromatic heterocycles. The van der Waals surface area contributed by atoms with Crippen LogP contribution in [0.3, 0.4) is 0 Å². The van der Waals surface area contributed by atoms with E-state index in [-0.39, 0.29) is 17.6 Å². The van der Waals surface area contributed by atoms with Crippen molar-refractivity contribution in [3.8, 4) is 0 Å². The van der Waals surface area contributed by atoms with E-state index in [9.17, 15) is 14.0 Å². The Labute approximate surface area is 117 Å². The van der Waals surface area contributed by atoms with E-state index in [4.69, 9.17) is 4.74 Å². The van der Waals surface area contributed by atoms with Gasteiger partial charge in [-0.15, -0.1) is 0 Å². The molecule has 1 aliphatic rings. The van der Waals surface area contributed by atoms with Crippen LogP contribution in [0, 0.1) is 5.82 Å². The van der Waals surface area contributed by atoms with Gasteiger partial charge in [0, 0.05) is 25.9 Å². The predicted molar refractivity (Wildman–Crippen MR) is 71.6 cm³/mol. The van der Waals surface area contributed by atoms with E-state index in [1.807, 2.05) is 4.90 Å². The lowest BCUT2D eigenvalue weighted by molar-refractivity contribution is -0.151. The Kier molecular flexibility index (Phi) is 4.84. The highest BCUT2D eigenvalue weighted by molar-refractivity contribution is 5.81. The molecule has 1 aromatic rings. The summed E-state index contributed by atoms with van der Waals surface area (Å²) >= 11 is 0. The smallest absolute Gasteiger partial charge is 0.327 e. The zero-order valence-corrected chi connectivity index (χ0v) is 11.5. The first-order valence-electron chi connectivity index (χ1n) is 6.79. The number of benzene rings is 1. The number of likely N-dealkylation sites (tertiary alicyclic amines) is 1. The van der Waals surface area contributed by atoms with Crippen molar-refractivity contribution in [1.29, 1.82) is 0 Å². The molecular weight excluding hydrogens is 261 g/mol. The molecule has 0 unspecified atom stereocenters. The second-order valence-corrected chi connectivity index (χ2v) is 4.78. The molecule has 1 atom stereocenters. The Bertz CT molecular complexity index is 476. The van der Waals surface area contributed by atoms with Gasteiger partial charge in [-0.1, -0.05) is 12.1 Å². The summed E-state index contributed by atoms with van der Waals surface area (Å²) in [5.74, 6) is -0.485. The van der Waals surface area contributed by atoms with Crippen LogP contribution >= 0.6 is 0 Å². The normalized spacial score (nSPS) is 17.8. The molecule has 1 aromatic carbocycles. The molecule has 2 rings (SSSR count). The van der Waals surface area contributed by atoms with Gasteiger partial charge in [0.15, 0.2) is 0 Å². The van der Waals surface area contributed by atoms with Crippen molar-refractivity contribution in [3.63, 3.8) is 0 Å². The first kappa shape index (κ1) is 14.7. The molecule has 20 heavy (non-hydrogen) atoms. The van der Waals surface area contributed by atoms with Crippen molar-refractivity contribution < 1.29 is 18.7 Å². The third kappa shape index (κ3) is 3.42. The molecule has 5 heteroatoms. The minimum atomic E-state index is -0.566. The third-order valence-corrected chi connectivity index (χ3v) is 3.42. The summed E-state index contributed by atoms with van der Waals surface area (Å²) in [6.07, 6.45) is 0.883. The topological polar surface area (TPSA) is 46.6 Å². The molecule has 1 aliphatic heterocycles. The number of carbonyl (C=O) groups excluding carboxylic acids is 2. The maximum Gasteiger partial charge on any atom is 0.327 e. The van der Waals surface area contributed by atoms with Gasteiger partial charge in [-0.25, -0.2) is 9.18 Å². The minimum absolute atomic E-state index is 0.211. The number of Topliss-reactive ketones (excluding diaryl/α,β-unsaturated/α-hetero) is 1. The lowest BCUT2D eigenvalue weighted by Crippen LogP contribution is -2.41. The zero-order valence-electron chi connectivity index (χ0n) is 11.5. The van der Waals surface area contributed by atoms with Gasteiger partial charge in [-0.2, -0.15) is 0 Å². The number of rotatable bonds is 4. The van der Waals surface area contributed by atoms with Crippen LogP contribution in [0.15, 0.2) is 24.3 Å². The maximum absolute atomic E-state index is 13.0. The molecule has 4 nitrogen and oxygen atoms in total. The second-order valence-electron chi connectivity index (χ2n) is 4.78. The molecule has 1 fully saturated rings. The van der Waals surface area contributed by atoms with E-state index in [2.05, 4.69) is 0 Å². The Balaban J connectivity index is 2.22. The second kappa shape index (κ2) is 6.61. The maximum atomic E-state index is 13.0. The van der Waals surface area contributed by atoms with Crippen molar-refractivity contribution in [2.24, 2.45) is 0 Å². The van der Waals surface area contributed by atoms with Crippen LogP contribution in [0.25, 0.3) is 0 Å². The number of ether oxygens (including phenoxy) is 1. The summed E-state index contributed by atoms with van der Waals surface area (Å²) in [7, 11) is 0. The largest absolute Gasteiger partial charge is 0.465 e. The number of hydrogen-bond acceptors (Lipinski definition) is 4. The SMILES string of the molecule is CCOC(=O)[C@@H](c1ccc(F)cc1)N1CCC(=O)CC1. The summed E-state index contributed by atoms with van der Waals surface area (Å²) in [6, 6.07) is 5.28. The van der Waals surface area contributed by atoms with Crippen molar-refractivity contribution in [2.75, 3.05) is 19.7 Å². The Morgan fingerprint density at radius 3 is 2.45 bits per heavy atom. The Morgan fingerprint density at radius 1 is 1.30 bits per heavy atom. The lowest BCUT2D eigenvalue weighted by atomic mass is 10.0. The molecule has 0 aliphatic carbocycles. The fourth-order valence-corrected chi connectivity index (χ4v) is 2.39. The van der Waals surface area contributed by atoms with Crippen molar-refractivity contribution in [3.05, 3.63) is 35.6 Å². The molecular formula is C15H18FNO3. The van der Waals surface area contributed by atoms with E-state index in [0.29, 0.717) is 38.1 Å². The predicted octanol–water partition coefficient (Wildman–Crippen LogP) is 2.09. The summed E-state index contributed by atoms with van der Waals surface area (Å²) in [4.78, 5) is 25.4. The van der Waals surface area contributed by atoms with Crippen molar-refractivity contribution >= 4 is 11.8 Å². The van der Waals surface area contributed by atoms with E-state index in [1.54, 1.807) is 19.1 Å². The molecule has 0 bridgehead atoms. The van der Waals surface area contributed by atoms with Crippen LogP contribution in [0.2, 0.25) is 0 Å². The van der Waals surface area contributed by atoms with Crippen LogP contribution in [-0.4, -0.2) is 36.3 Å². The number of ketones is 1. The number of halogens is 1. The fraction of sp³-hybridized carbons (Fsp3) is 0.467. The molecule has 0 saturated carbocycles. The van der Waals surface area contributed by atoms with E-state index < -0.39 is 6.04 Å². The summed E-state index contributed by atoms with van der Waals surface area (Å²) in [5, 5.41) is 0. The molecule has 108 valence electrons. The quantitative estimate of drug-likeness (QED) is 0.792. The first-order chi connectivity index (χ1) is 9.61. The number of nitrogens with zero attached hydrogens (tertiary/aromatic N) is 1. The van der Waals surface area contributed by atoms with Gasteiger partial charge >= 0.3 is 5.97 Å². The molecule has 0 spiro atoms. The lowest BCUT2D eigenvalue weighted by Gasteiger charge is -2.32. The van der Waals surface area contributed by atoms with Gasteiger partial charge in [-0.3, -0.25) is 9.69 Å². The summed E-state index contributed by atoms with van der Waals surface area (Å²) < 4.78 is 18.1. The average Bonchev–Trinajstić information content (AvgIpc) is 2.44. The monoisotopic (exact) mass is 279 g/mol. The van der Waals surface area contributed by atoms with Crippen LogP contribution < -0.4 is 0 Å². The number of esters is 1. The number of hydrogen-bond donors (Lipinski definition) is 0. The van der Waals surface area contributed by atoms with Crippen LogP contribution in [0.1, 0.15) is 31.4 Å². The van der Waals surface area contributed by atoms with E-state index in [0.717, 1.165) is 0 Å². The van der Waals surface area contributed by atoms with E-state index >= 15 is 0 Å². The third-order valence-electron chi connectivity index (χ3n) is 3.42. The number of carbonyl (C=O) groups is 2. The van der Waals surface area contributed by atoms with Gasteiger partial charge in [0.1, 0.15) is 17.6 Å². The molecule has 1 heterocycles. The van der Waals surface area contributed by atoms with Crippen LogP contribution in [0.5, 0.6) is 0 Å². The standard InChI is InChI=1S/C15H18FNO3/c1-2-20-15(19)14(11-3-5-12(16)6-4-11)17-9-7-13(18)8-10-17/h3-6,14H,2,7-10H2,1H3/t14-/m1/s1. The van der Waals surface area contributed by atoms with Gasteiger partial charge in [-0.05, 0) is 24.6 Å². The van der Waals surface area contributed by atoms with Crippen molar-refractivity contribution in [2.45, 2.75) is 25.8 Å². The van der Waals surface area contributed by atoms with Crippen LogP contribution in [-0.2, 0) is 14.3 Å². The molecule has 1 saturated heterocycles. The minimum Gasteiger partial charge on any atom is -0.465 e. The first-order valence-corrected chi connectivity index (χ1v) is 6.79. The Hall–Kier alpha value is -1.75. The highest BCUT2D eigenvalue weighted by atomic mass is 19.1. The summed E-state index contributed by atoms with van der Waals surface area (Å²) in [6.45, 7) is 3.10. The van der Waals surface area contributed by atoms with Gasteiger partial charge in [0.05, 0.1) is 6.61 Å². The highest BCUT2D eigenvalue weighted by Gasteiger charge is 2.31. The van der Waals surface area contributed by atoms with Crippen LogP contribution in [0.4, 0.5) is 4.39 Å². The summed E-state index contributed by atoms with van der Waals surface area (Å²) in [5.41, 5.74) is 0.694. The number of piperidine rings is 1. The van der Waals surface area contributed by atoms with Gasteiger partial charge < -0.3 is 4.74 Å². The van der Waals surface area contributed by atoms with Crippen molar-refractivity contribution in [1.82, 2.24) is 4.90 Å². The zero-order chi connectivity index (χ0) is 14.5. The van der Waals surface area contributed by atoms with Gasteiger partial charge in [0.25, 0.3) is 0 Å². The Morgan fingerprint density at radius 2 is 1.90 bits per heavy atom. The average molecular weight is 279 g/mol. The van der Waals surface area contributed by atoms with Gasteiger partial charge in [0.2, 0.25) is 0 Å². The van der Waals surface area contributed by atoms with E-state index in [1.165, 1.54) is 12.1 Å². The highest BCUT2D eigenvalue weighted by Crippen LogP contribution is 2.25. The fourth-order valence-electron chi connectivity index (χ4n) is 2.39.